The first-order valence-electron chi connectivity index (χ1n) is 14.8. The number of ether oxygens (including phenoxy) is 2. The van der Waals surface area contributed by atoms with E-state index < -0.39 is 19.9 Å². The standard InChI is InChI=1S/C27H55O10P/c1-24(2)20-16-12-8-6-10-14-18-22-30-27(26(5)32-38(28,29)37-36-35-34-33-27)31-23-19-15-11-7-9-13-17-21-25(3)4/h24-26H,6-23H2,1-5H3,(H,28,29). The first-order chi connectivity index (χ1) is 18.2. The average molecular weight is 571 g/mol. The van der Waals surface area contributed by atoms with Gasteiger partial charge in [0.2, 0.25) is 0 Å². The third-order valence-corrected chi connectivity index (χ3v) is 7.41. The van der Waals surface area contributed by atoms with E-state index in [9.17, 15) is 9.46 Å². The van der Waals surface area contributed by atoms with Crippen molar-refractivity contribution in [3.8, 4) is 0 Å². The van der Waals surface area contributed by atoms with Gasteiger partial charge in [0.1, 0.15) is 0 Å². The van der Waals surface area contributed by atoms with Crippen LogP contribution in [0.3, 0.4) is 0 Å². The fraction of sp³-hybridized carbons (Fsp3) is 1.00. The molecule has 1 rings (SSSR count). The summed E-state index contributed by atoms with van der Waals surface area (Å²) in [5.41, 5.74) is 0. The fourth-order valence-corrected chi connectivity index (χ4v) is 4.97. The molecule has 11 heteroatoms. The Balaban J connectivity index is 2.43. The molecular weight excluding hydrogens is 515 g/mol. The summed E-state index contributed by atoms with van der Waals surface area (Å²) in [6, 6.07) is 0. The van der Waals surface area contributed by atoms with Gasteiger partial charge in [-0.25, -0.2) is 4.57 Å². The van der Waals surface area contributed by atoms with Gasteiger partial charge in [-0.15, -0.1) is 4.89 Å². The van der Waals surface area contributed by atoms with Crippen LogP contribution in [-0.2, 0) is 43.2 Å². The Hall–Kier alpha value is -0.130. The molecule has 0 aromatic heterocycles. The van der Waals surface area contributed by atoms with E-state index in [-0.39, 0.29) is 13.2 Å². The summed E-state index contributed by atoms with van der Waals surface area (Å²) < 4.78 is 33.2. The third-order valence-electron chi connectivity index (χ3n) is 6.58. The van der Waals surface area contributed by atoms with E-state index in [4.69, 9.17) is 18.9 Å². The van der Waals surface area contributed by atoms with Gasteiger partial charge in [0.25, 0.3) is 0 Å². The number of hydrogen-bond donors (Lipinski definition) is 1. The van der Waals surface area contributed by atoms with Crippen LogP contribution in [0.2, 0.25) is 0 Å². The Morgan fingerprint density at radius 2 is 1.11 bits per heavy atom. The fourth-order valence-electron chi connectivity index (χ4n) is 4.30. The van der Waals surface area contributed by atoms with E-state index in [1.165, 1.54) is 71.1 Å². The lowest BCUT2D eigenvalue weighted by Crippen LogP contribution is -2.49. The van der Waals surface area contributed by atoms with Crippen LogP contribution >= 0.6 is 7.82 Å². The van der Waals surface area contributed by atoms with Gasteiger partial charge in [-0.05, 0) is 46.7 Å². The molecule has 0 aromatic rings. The summed E-state index contributed by atoms with van der Waals surface area (Å²) in [6.07, 6.45) is 17.1. The summed E-state index contributed by atoms with van der Waals surface area (Å²) in [7, 11) is -4.63. The molecule has 0 spiro atoms. The second-order valence-electron chi connectivity index (χ2n) is 11.2. The predicted molar refractivity (Wildman–Crippen MR) is 144 cm³/mol. The number of hydrogen-bond acceptors (Lipinski definition) is 9. The first-order valence-corrected chi connectivity index (χ1v) is 16.3. The molecule has 10 nitrogen and oxygen atoms in total. The van der Waals surface area contributed by atoms with Crippen molar-refractivity contribution in [1.82, 2.24) is 0 Å². The lowest BCUT2D eigenvalue weighted by molar-refractivity contribution is -0.726. The maximum Gasteiger partial charge on any atom is 0.502 e. The summed E-state index contributed by atoms with van der Waals surface area (Å²) in [5.74, 6) is -0.391. The van der Waals surface area contributed by atoms with Crippen molar-refractivity contribution in [2.24, 2.45) is 11.8 Å². The van der Waals surface area contributed by atoms with Crippen LogP contribution in [0, 0.1) is 11.8 Å². The van der Waals surface area contributed by atoms with E-state index in [2.05, 4.69) is 47.5 Å². The highest BCUT2D eigenvalue weighted by Crippen LogP contribution is 2.48. The molecule has 0 aromatic carbocycles. The minimum atomic E-state index is -4.63. The molecule has 0 aliphatic carbocycles. The van der Waals surface area contributed by atoms with Gasteiger partial charge in [-0.3, -0.25) is 4.52 Å². The molecule has 1 fully saturated rings. The van der Waals surface area contributed by atoms with Gasteiger partial charge in [-0.2, -0.15) is 0 Å². The lowest BCUT2D eigenvalue weighted by atomic mass is 10.0. The number of phosphoric acid groups is 1. The second kappa shape index (κ2) is 21.6. The quantitative estimate of drug-likeness (QED) is 0.0588. The van der Waals surface area contributed by atoms with Crippen LogP contribution in [0.5, 0.6) is 0 Å². The van der Waals surface area contributed by atoms with Gasteiger partial charge >= 0.3 is 13.8 Å². The van der Waals surface area contributed by atoms with E-state index in [1.807, 2.05) is 0 Å². The van der Waals surface area contributed by atoms with Crippen LogP contribution in [0.25, 0.3) is 0 Å². The van der Waals surface area contributed by atoms with Crippen molar-refractivity contribution >= 4 is 7.82 Å². The predicted octanol–water partition coefficient (Wildman–Crippen LogP) is 8.49. The molecule has 0 bridgehead atoms. The van der Waals surface area contributed by atoms with Crippen LogP contribution in [0.4, 0.5) is 0 Å². The zero-order valence-electron chi connectivity index (χ0n) is 24.5. The topological polar surface area (TPSA) is 111 Å². The van der Waals surface area contributed by atoms with Gasteiger partial charge in [0.05, 0.1) is 13.2 Å². The average Bonchev–Trinajstić information content (AvgIpc) is 2.89. The Kier molecular flexibility index (Phi) is 20.4. The van der Waals surface area contributed by atoms with Crippen LogP contribution < -0.4 is 0 Å². The minimum absolute atomic E-state index is 0.276. The van der Waals surface area contributed by atoms with E-state index in [0.29, 0.717) is 0 Å². The molecule has 1 aliphatic heterocycles. The largest absolute Gasteiger partial charge is 0.502 e. The van der Waals surface area contributed by atoms with Crippen molar-refractivity contribution in [2.45, 2.75) is 149 Å². The van der Waals surface area contributed by atoms with Gasteiger partial charge in [0, 0.05) is 0 Å². The Morgan fingerprint density at radius 3 is 1.55 bits per heavy atom. The lowest BCUT2D eigenvalue weighted by Gasteiger charge is -2.34. The maximum absolute atomic E-state index is 12.1. The van der Waals surface area contributed by atoms with Crippen molar-refractivity contribution in [3.05, 3.63) is 0 Å². The molecule has 0 saturated carbocycles. The zero-order valence-corrected chi connectivity index (χ0v) is 25.4. The molecule has 1 aliphatic rings. The van der Waals surface area contributed by atoms with Crippen molar-refractivity contribution in [2.75, 3.05) is 13.2 Å². The Bertz CT molecular complexity index is 576. The second-order valence-corrected chi connectivity index (χ2v) is 12.5. The zero-order chi connectivity index (χ0) is 28.1. The third kappa shape index (κ3) is 18.3. The van der Waals surface area contributed by atoms with Gasteiger partial charge in [0.15, 0.2) is 6.10 Å². The highest BCUT2D eigenvalue weighted by Gasteiger charge is 2.48. The summed E-state index contributed by atoms with van der Waals surface area (Å²) in [6.45, 7) is 11.1. The van der Waals surface area contributed by atoms with Crippen molar-refractivity contribution < 1.29 is 48.1 Å². The van der Waals surface area contributed by atoms with Gasteiger partial charge in [-0.1, -0.05) is 122 Å². The number of phosphoric ester groups is 1. The molecule has 2 unspecified atom stereocenters. The van der Waals surface area contributed by atoms with E-state index >= 15 is 0 Å². The molecule has 0 radical (unpaired) electrons. The summed E-state index contributed by atoms with van der Waals surface area (Å²) in [5, 5.41) is 12.8. The van der Waals surface area contributed by atoms with Crippen molar-refractivity contribution in [1.29, 1.82) is 0 Å². The molecule has 1 heterocycles. The highest BCUT2D eigenvalue weighted by atomic mass is 31.2. The van der Waals surface area contributed by atoms with E-state index in [0.717, 1.165) is 50.4 Å². The SMILES string of the molecule is CC(C)CCCCCCCCCOC1(OCCCCCCCCCC(C)C)OOOOOP(=O)(O)OC1C. The van der Waals surface area contributed by atoms with Crippen LogP contribution in [0.15, 0.2) is 0 Å². The molecule has 1 N–H and O–H groups in total. The Labute approximate surface area is 230 Å². The highest BCUT2D eigenvalue weighted by molar-refractivity contribution is 7.47. The molecule has 0 amide bonds. The van der Waals surface area contributed by atoms with Crippen molar-refractivity contribution in [3.63, 3.8) is 0 Å². The number of unbranched alkanes of at least 4 members (excludes halogenated alkanes) is 12. The number of rotatable bonds is 22. The molecular formula is C27H55O10P. The van der Waals surface area contributed by atoms with Crippen LogP contribution in [-0.4, -0.2) is 30.2 Å². The first kappa shape index (κ1) is 35.9. The summed E-state index contributed by atoms with van der Waals surface area (Å²) in [4.78, 5) is 15.0. The van der Waals surface area contributed by atoms with Gasteiger partial charge < -0.3 is 14.4 Å². The summed E-state index contributed by atoms with van der Waals surface area (Å²) >= 11 is 0. The molecule has 38 heavy (non-hydrogen) atoms. The smallest absolute Gasteiger partial charge is 0.323 e. The monoisotopic (exact) mass is 570 g/mol. The van der Waals surface area contributed by atoms with E-state index in [1.54, 1.807) is 0 Å². The molecule has 1 saturated heterocycles. The molecule has 228 valence electrons. The maximum atomic E-state index is 12.1. The van der Waals surface area contributed by atoms with Crippen LogP contribution in [0.1, 0.15) is 137 Å². The Morgan fingerprint density at radius 1 is 0.684 bits per heavy atom. The molecule has 2 atom stereocenters. The minimum Gasteiger partial charge on any atom is -0.323 e. The normalized spacial score (nSPS) is 22.5.